The van der Waals surface area contributed by atoms with Crippen LogP contribution < -0.4 is 29.5 Å². The second kappa shape index (κ2) is 24.4. The summed E-state index contributed by atoms with van der Waals surface area (Å²) in [5.41, 5.74) is 3.28. The fourth-order valence-corrected chi connectivity index (χ4v) is 11.0. The number of fused-ring (bicyclic) bond motifs is 6. The fourth-order valence-electron chi connectivity index (χ4n) is 9.65. The predicted molar refractivity (Wildman–Crippen MR) is 306 cm³/mol. The summed E-state index contributed by atoms with van der Waals surface area (Å²) in [6.45, 7) is -0.483. The second-order valence-corrected chi connectivity index (χ2v) is 21.5. The summed E-state index contributed by atoms with van der Waals surface area (Å²) in [5.74, 6) is -2.38. The molecule has 4 amide bonds. The average molecular weight is 1200 g/mol. The van der Waals surface area contributed by atoms with E-state index >= 15 is 0 Å². The summed E-state index contributed by atoms with van der Waals surface area (Å²) >= 11 is 13.0. The number of nitrogens with zero attached hydrogens (tertiary/aromatic N) is 4. The monoisotopic (exact) mass is 1200 g/mol. The molecule has 28 heteroatoms. The van der Waals surface area contributed by atoms with Crippen molar-refractivity contribution in [1.29, 1.82) is 0 Å². The number of alkyl halides is 2. The molecule has 82 heavy (non-hydrogen) atoms. The van der Waals surface area contributed by atoms with Crippen LogP contribution in [0.3, 0.4) is 0 Å². The molecule has 0 aromatic heterocycles. The third-order valence-electron chi connectivity index (χ3n) is 13.1. The molecule has 0 saturated carbocycles. The fraction of sp³-hybridized carbons (Fsp3) is 0.148. The summed E-state index contributed by atoms with van der Waals surface area (Å²) in [4.78, 5) is 135. The Kier molecular flexibility index (Phi) is 17.3. The summed E-state index contributed by atoms with van der Waals surface area (Å²) in [6.07, 6.45) is 4.12. The van der Waals surface area contributed by atoms with E-state index in [1.54, 1.807) is 94.7 Å². The van der Waals surface area contributed by atoms with Gasteiger partial charge in [0, 0.05) is 71.7 Å². The van der Waals surface area contributed by atoms with E-state index in [-0.39, 0.29) is 59.2 Å². The predicted octanol–water partition coefficient (Wildman–Crippen LogP) is 10.1. The SMILES string of the molecule is O=C(Nc1cc2c(c3ccccc13)C(CCl)CN2C(=O)/C=C/c1cccc(/C=C/C(=O)N2CC(CCl)c3c2cc(NC(=O)OCc2ccc([N+](=O)[O-])c(O[P+](O)(O)O)c2)c2ccccc32)c1)OCc1ccc([N+](=O)[O-])c(O[P+](O)(O)O)c1. The lowest BCUT2D eigenvalue weighted by molar-refractivity contribution is -0.385. The molecule has 24 nitrogen and oxygen atoms in total. The molecule has 2 heterocycles. The number of hydrogen-bond donors (Lipinski definition) is 8. The molecule has 0 aliphatic carbocycles. The first-order valence-electron chi connectivity index (χ1n) is 24.4. The number of hydrogen-bond acceptors (Lipinski definition) is 18. The van der Waals surface area contributed by atoms with E-state index in [9.17, 15) is 68.8 Å². The zero-order chi connectivity index (χ0) is 58.6. The summed E-state index contributed by atoms with van der Waals surface area (Å²) in [7, 11) is -9.86. The number of carbonyl (C=O) groups is 4. The largest absolute Gasteiger partial charge is 0.614 e. The van der Waals surface area contributed by atoms with Crippen LogP contribution in [0.4, 0.5) is 43.7 Å². The van der Waals surface area contributed by atoms with E-state index in [0.29, 0.717) is 44.0 Å². The molecular formula is C54H46Cl2N6O18P2+2. The second-order valence-electron chi connectivity index (χ2n) is 18.5. The van der Waals surface area contributed by atoms with Crippen molar-refractivity contribution in [2.75, 3.05) is 45.3 Å². The average Bonchev–Trinajstić information content (AvgIpc) is 2.63. The van der Waals surface area contributed by atoms with E-state index in [4.69, 9.17) is 32.7 Å². The zero-order valence-electron chi connectivity index (χ0n) is 42.3. The van der Waals surface area contributed by atoms with Gasteiger partial charge in [0.25, 0.3) is 23.3 Å². The van der Waals surface area contributed by atoms with Crippen molar-refractivity contribution < 1.29 is 76.9 Å². The van der Waals surface area contributed by atoms with Gasteiger partial charge < -0.3 is 19.3 Å². The normalized spacial score (nSPS) is 14.9. The van der Waals surface area contributed by atoms with Gasteiger partial charge in [0.1, 0.15) is 13.2 Å². The number of carbonyl (C=O) groups excluding carboxylic acids is 4. The zero-order valence-corrected chi connectivity index (χ0v) is 45.6. The number of nitro groups is 2. The summed E-state index contributed by atoms with van der Waals surface area (Å²) in [6, 6.07) is 31.2. The van der Waals surface area contributed by atoms with Crippen molar-refractivity contribution in [3.05, 3.63) is 187 Å². The van der Waals surface area contributed by atoms with Gasteiger partial charge in [-0.2, -0.15) is 29.4 Å². The highest BCUT2D eigenvalue weighted by atomic mass is 35.5. The van der Waals surface area contributed by atoms with Crippen LogP contribution in [0.15, 0.2) is 133 Å². The van der Waals surface area contributed by atoms with Gasteiger partial charge in [-0.25, -0.2) is 9.59 Å². The molecule has 2 aliphatic heterocycles. The van der Waals surface area contributed by atoms with Crippen LogP contribution in [0.25, 0.3) is 33.7 Å². The highest BCUT2D eigenvalue weighted by Crippen LogP contribution is 2.51. The van der Waals surface area contributed by atoms with Crippen LogP contribution in [0.1, 0.15) is 45.2 Å². The topological polar surface area (TPSA) is 343 Å². The molecule has 2 atom stereocenters. The maximum Gasteiger partial charge on any atom is 0.614 e. The molecule has 8 N–H and O–H groups in total. The molecule has 0 radical (unpaired) electrons. The number of ether oxygens (including phenoxy) is 2. The Bertz CT molecular complexity index is 3540. The van der Waals surface area contributed by atoms with Gasteiger partial charge in [-0.3, -0.25) is 49.5 Å². The molecule has 0 fully saturated rings. The van der Waals surface area contributed by atoms with Crippen molar-refractivity contribution in [3.8, 4) is 11.5 Å². The molecule has 0 saturated heterocycles. The number of benzene rings is 7. The van der Waals surface area contributed by atoms with Gasteiger partial charge in [-0.05, 0) is 98.8 Å². The van der Waals surface area contributed by atoms with Crippen molar-refractivity contribution in [1.82, 2.24) is 0 Å². The first-order chi connectivity index (χ1) is 39.1. The molecule has 2 unspecified atom stereocenters. The standard InChI is InChI=1S/C54H44Cl2N6O18P2/c55-25-35-27-59(45-23-41(37-8-1-3-10-39(37)51(35)45)57-53(65)77-29-33-12-16-43(61(67)68)47(21-33)79-81(71,72)73)49(63)18-14-31-6-5-7-32(20-31)15-19-50(64)60-28-36(26-56)52-40-11-4-2-9-38(40)42(24-46(52)60)58-54(66)78-30-34-13-17-44(62(69)70)48(22-34)80-82(74,75)76/h1-24,35-36,71-76H,25-30H2/p+2/b18-14+,19-15+. The lowest BCUT2D eigenvalue weighted by Crippen LogP contribution is -2.28. The van der Waals surface area contributed by atoms with E-state index in [1.165, 1.54) is 24.3 Å². The van der Waals surface area contributed by atoms with E-state index in [2.05, 4.69) is 19.7 Å². The maximum absolute atomic E-state index is 14.1. The Morgan fingerprint density at radius 1 is 0.561 bits per heavy atom. The van der Waals surface area contributed by atoms with Gasteiger partial charge in [-0.1, -0.05) is 66.7 Å². The van der Waals surface area contributed by atoms with Crippen LogP contribution in [0.5, 0.6) is 11.5 Å². The smallest absolute Gasteiger partial charge is 0.444 e. The third kappa shape index (κ3) is 13.3. The molecule has 7 aromatic rings. The van der Waals surface area contributed by atoms with Crippen molar-refractivity contribution in [2.24, 2.45) is 0 Å². The van der Waals surface area contributed by atoms with Gasteiger partial charge >= 0.3 is 39.9 Å². The van der Waals surface area contributed by atoms with Crippen LogP contribution in [-0.4, -0.2) is 88.1 Å². The highest BCUT2D eigenvalue weighted by Gasteiger charge is 2.40. The molecule has 0 bridgehead atoms. The molecule has 2 aliphatic rings. The lowest BCUT2D eigenvalue weighted by atomic mass is 9.95. The Balaban J connectivity index is 0.892. The van der Waals surface area contributed by atoms with Crippen LogP contribution in [0, 0.1) is 20.2 Å². The molecule has 7 aromatic carbocycles. The van der Waals surface area contributed by atoms with Crippen molar-refractivity contribution in [3.63, 3.8) is 0 Å². The Morgan fingerprint density at radius 3 is 1.32 bits per heavy atom. The van der Waals surface area contributed by atoms with Crippen LogP contribution in [-0.2, 0) is 32.3 Å². The number of rotatable bonds is 18. The van der Waals surface area contributed by atoms with Gasteiger partial charge in [0.15, 0.2) is 0 Å². The number of amides is 4. The minimum absolute atomic E-state index is 0.147. The molecule has 422 valence electrons. The Hall–Kier alpha value is -8.38. The van der Waals surface area contributed by atoms with E-state index in [0.717, 1.165) is 35.4 Å². The minimum atomic E-state index is -4.93. The number of anilines is 4. The molecular weight excluding hydrogens is 1150 g/mol. The van der Waals surface area contributed by atoms with E-state index < -0.39 is 86.3 Å². The maximum atomic E-state index is 14.1. The first kappa shape index (κ1) is 58.3. The van der Waals surface area contributed by atoms with E-state index in [1.807, 2.05) is 12.1 Å². The number of nitro benzene ring substituents is 2. The van der Waals surface area contributed by atoms with Gasteiger partial charge in [0.2, 0.25) is 0 Å². The minimum Gasteiger partial charge on any atom is -0.444 e. The summed E-state index contributed by atoms with van der Waals surface area (Å²) < 4.78 is 20.0. The quantitative estimate of drug-likeness (QED) is 0.0130. The molecule has 9 rings (SSSR count). The highest BCUT2D eigenvalue weighted by molar-refractivity contribution is 7.54. The van der Waals surface area contributed by atoms with Crippen molar-refractivity contribution in [2.45, 2.75) is 25.0 Å². The Labute approximate surface area is 475 Å². The third-order valence-corrected chi connectivity index (χ3v) is 14.7. The number of halogens is 2. The van der Waals surface area contributed by atoms with Crippen LogP contribution in [0.2, 0.25) is 0 Å². The lowest BCUT2D eigenvalue weighted by Gasteiger charge is -2.18. The first-order valence-corrected chi connectivity index (χ1v) is 28.6. The van der Waals surface area contributed by atoms with Crippen LogP contribution >= 0.6 is 39.5 Å². The number of nitrogens with one attached hydrogen (secondary N) is 2. The van der Waals surface area contributed by atoms with Gasteiger partial charge in [0.05, 0.1) is 32.6 Å². The summed E-state index contributed by atoms with van der Waals surface area (Å²) in [5, 5.41) is 31.0. The van der Waals surface area contributed by atoms with Crippen molar-refractivity contribution >= 4 is 131 Å². The Morgan fingerprint density at radius 2 is 0.951 bits per heavy atom. The molecule has 0 spiro atoms. The van der Waals surface area contributed by atoms with Gasteiger partial charge in [-0.15, -0.1) is 23.2 Å².